The van der Waals surface area contributed by atoms with Crippen LogP contribution in [0.2, 0.25) is 0 Å². The molecule has 0 aliphatic heterocycles. The lowest BCUT2D eigenvalue weighted by atomic mass is 9.90. The van der Waals surface area contributed by atoms with E-state index in [1.807, 2.05) is 17.4 Å². The molecule has 0 fully saturated rings. The molecule has 0 N–H and O–H groups in total. The monoisotopic (exact) mass is 719 g/mol. The van der Waals surface area contributed by atoms with Gasteiger partial charge in [0.2, 0.25) is 0 Å². The van der Waals surface area contributed by atoms with E-state index in [2.05, 4.69) is 199 Å². The zero-order chi connectivity index (χ0) is 36.3. The van der Waals surface area contributed by atoms with Gasteiger partial charge in [-0.25, -0.2) is 0 Å². The number of thiophene rings is 1. The fourth-order valence-corrected chi connectivity index (χ4v) is 9.62. The van der Waals surface area contributed by atoms with Crippen LogP contribution in [0, 0.1) is 0 Å². The molecule has 9 aromatic carbocycles. The summed E-state index contributed by atoms with van der Waals surface area (Å²) in [6.07, 6.45) is 0. The second-order valence-corrected chi connectivity index (χ2v) is 15.1. The van der Waals surface area contributed by atoms with E-state index in [1.165, 1.54) is 47.6 Å². The molecule has 0 spiro atoms. The molecule has 0 amide bonds. The lowest BCUT2D eigenvalue weighted by Gasteiger charge is -2.31. The molecule has 3 heteroatoms. The number of para-hydroxylation sites is 3. The Bertz CT molecular complexity index is 3210. The van der Waals surface area contributed by atoms with Crippen molar-refractivity contribution in [1.29, 1.82) is 0 Å². The molecule has 0 saturated carbocycles. The number of furan rings is 1. The first-order valence-corrected chi connectivity index (χ1v) is 19.5. The van der Waals surface area contributed by atoms with Crippen LogP contribution < -0.4 is 4.90 Å². The van der Waals surface area contributed by atoms with Crippen LogP contribution in [-0.4, -0.2) is 0 Å². The van der Waals surface area contributed by atoms with Gasteiger partial charge in [0.15, 0.2) is 5.58 Å². The average Bonchev–Trinajstić information content (AvgIpc) is 3.84. The molecule has 258 valence electrons. The van der Waals surface area contributed by atoms with E-state index in [1.54, 1.807) is 0 Å². The summed E-state index contributed by atoms with van der Waals surface area (Å²) in [6.45, 7) is 0. The van der Waals surface area contributed by atoms with Crippen LogP contribution in [0.25, 0.3) is 86.3 Å². The Morgan fingerprint density at radius 1 is 0.364 bits per heavy atom. The maximum atomic E-state index is 6.84. The fraction of sp³-hybridized carbons (Fsp3) is 0. The fourth-order valence-electron chi connectivity index (χ4n) is 8.50. The van der Waals surface area contributed by atoms with Gasteiger partial charge in [-0.2, -0.15) is 0 Å². The number of fused-ring (bicyclic) bond motifs is 8. The van der Waals surface area contributed by atoms with Crippen molar-refractivity contribution in [1.82, 2.24) is 0 Å². The number of benzene rings is 9. The van der Waals surface area contributed by atoms with Gasteiger partial charge in [0.25, 0.3) is 0 Å². The largest absolute Gasteiger partial charge is 0.454 e. The molecule has 0 aliphatic rings. The normalized spacial score (nSPS) is 11.6. The van der Waals surface area contributed by atoms with Gasteiger partial charge in [-0.15, -0.1) is 11.3 Å². The quantitative estimate of drug-likeness (QED) is 0.170. The van der Waals surface area contributed by atoms with E-state index >= 15 is 0 Å². The first kappa shape index (κ1) is 31.6. The summed E-state index contributed by atoms with van der Waals surface area (Å²) in [7, 11) is 0. The summed E-state index contributed by atoms with van der Waals surface area (Å²) < 4.78 is 9.44. The van der Waals surface area contributed by atoms with E-state index in [9.17, 15) is 0 Å². The van der Waals surface area contributed by atoms with Crippen LogP contribution in [0.1, 0.15) is 0 Å². The number of anilines is 3. The molecule has 2 aromatic heterocycles. The summed E-state index contributed by atoms with van der Waals surface area (Å²) in [5, 5.41) is 7.30. The van der Waals surface area contributed by atoms with Crippen molar-refractivity contribution >= 4 is 81.3 Å². The van der Waals surface area contributed by atoms with Gasteiger partial charge in [0, 0.05) is 42.1 Å². The molecule has 11 rings (SSSR count). The third kappa shape index (κ3) is 5.09. The average molecular weight is 720 g/mol. The van der Waals surface area contributed by atoms with Crippen molar-refractivity contribution in [2.45, 2.75) is 0 Å². The molecule has 11 aromatic rings. The summed E-state index contributed by atoms with van der Waals surface area (Å²) in [5.41, 5.74) is 11.8. The first-order chi connectivity index (χ1) is 27.3. The molecule has 0 radical (unpaired) electrons. The van der Waals surface area contributed by atoms with Gasteiger partial charge in [0.1, 0.15) is 5.58 Å². The van der Waals surface area contributed by atoms with Gasteiger partial charge in [0.05, 0.1) is 17.1 Å². The third-order valence-electron chi connectivity index (χ3n) is 10.9. The van der Waals surface area contributed by atoms with Crippen molar-refractivity contribution in [3.05, 3.63) is 200 Å². The van der Waals surface area contributed by atoms with Crippen molar-refractivity contribution in [3.8, 4) is 33.4 Å². The highest BCUT2D eigenvalue weighted by Gasteiger charge is 2.26. The van der Waals surface area contributed by atoms with Crippen LogP contribution in [0.15, 0.2) is 205 Å². The molecule has 0 saturated heterocycles. The Balaban J connectivity index is 1.27. The predicted molar refractivity (Wildman–Crippen MR) is 235 cm³/mol. The Morgan fingerprint density at radius 3 is 1.85 bits per heavy atom. The predicted octanol–water partition coefficient (Wildman–Crippen LogP) is 15.6. The highest BCUT2D eigenvalue weighted by atomic mass is 32.1. The van der Waals surface area contributed by atoms with Gasteiger partial charge in [-0.1, -0.05) is 164 Å². The van der Waals surface area contributed by atoms with E-state index in [4.69, 9.17) is 4.42 Å². The van der Waals surface area contributed by atoms with Crippen LogP contribution in [0.5, 0.6) is 0 Å². The maximum absolute atomic E-state index is 6.84. The van der Waals surface area contributed by atoms with Gasteiger partial charge in [-0.05, 0) is 69.4 Å². The molecule has 0 aliphatic carbocycles. The molecule has 2 nitrogen and oxygen atoms in total. The van der Waals surface area contributed by atoms with Crippen LogP contribution >= 0.6 is 11.3 Å². The second kappa shape index (κ2) is 12.9. The number of hydrogen-bond donors (Lipinski definition) is 0. The molecular weight excluding hydrogens is 687 g/mol. The summed E-state index contributed by atoms with van der Waals surface area (Å²) in [4.78, 5) is 2.44. The lowest BCUT2D eigenvalue weighted by molar-refractivity contribution is 0.669. The van der Waals surface area contributed by atoms with Crippen molar-refractivity contribution in [2.24, 2.45) is 0 Å². The van der Waals surface area contributed by atoms with E-state index in [0.29, 0.717) is 0 Å². The topological polar surface area (TPSA) is 16.4 Å². The summed E-state index contributed by atoms with van der Waals surface area (Å²) >= 11 is 1.86. The minimum absolute atomic E-state index is 0.853. The SMILES string of the molecule is c1ccc(-c2cccc(N(c3ccccc3-c3cccc4ccc5sc6ccccc6c5c34)c3cccc4c3oc3ccccc34)c2-c2ccccc2)cc1. The van der Waals surface area contributed by atoms with Gasteiger partial charge in [-0.3, -0.25) is 0 Å². The number of nitrogens with zero attached hydrogens (tertiary/aromatic N) is 1. The Kier molecular flexibility index (Phi) is 7.39. The second-order valence-electron chi connectivity index (χ2n) is 14.0. The number of hydrogen-bond acceptors (Lipinski definition) is 3. The molecular formula is C52H33NOS. The van der Waals surface area contributed by atoms with Crippen molar-refractivity contribution < 1.29 is 4.42 Å². The zero-order valence-corrected chi connectivity index (χ0v) is 30.6. The first-order valence-electron chi connectivity index (χ1n) is 18.7. The summed E-state index contributed by atoms with van der Waals surface area (Å²) in [6, 6.07) is 72.1. The Morgan fingerprint density at radius 2 is 0.982 bits per heavy atom. The molecule has 0 atom stereocenters. The van der Waals surface area contributed by atoms with Gasteiger partial charge < -0.3 is 9.32 Å². The molecule has 2 heterocycles. The standard InChI is InChI=1S/C52H33NOS/c1-3-16-34(17-4-1)37-24-14-28-44(49(37)35-18-5-2-6-19-35)53(45-29-15-26-41-39-22-8-11-30-46(39)54-52(41)45)43-27-10-7-21-38(43)40-25-13-20-36-32-33-48-51(50(36)40)42-23-9-12-31-47(42)55-48/h1-33H. The highest BCUT2D eigenvalue weighted by molar-refractivity contribution is 7.26. The highest BCUT2D eigenvalue weighted by Crippen LogP contribution is 2.51. The van der Waals surface area contributed by atoms with Crippen molar-refractivity contribution in [3.63, 3.8) is 0 Å². The Hall–Kier alpha value is -6.94. The zero-order valence-electron chi connectivity index (χ0n) is 29.8. The smallest absolute Gasteiger partial charge is 0.159 e. The third-order valence-corrected chi connectivity index (χ3v) is 12.0. The number of rotatable bonds is 6. The van der Waals surface area contributed by atoms with Crippen LogP contribution in [-0.2, 0) is 0 Å². The van der Waals surface area contributed by atoms with Crippen LogP contribution in [0.3, 0.4) is 0 Å². The minimum Gasteiger partial charge on any atom is -0.454 e. The van der Waals surface area contributed by atoms with E-state index < -0.39 is 0 Å². The molecule has 0 unspecified atom stereocenters. The van der Waals surface area contributed by atoms with E-state index in [-0.39, 0.29) is 0 Å². The van der Waals surface area contributed by atoms with Crippen molar-refractivity contribution in [2.75, 3.05) is 4.90 Å². The maximum Gasteiger partial charge on any atom is 0.159 e. The minimum atomic E-state index is 0.853. The van der Waals surface area contributed by atoms with Crippen LogP contribution in [0.4, 0.5) is 17.1 Å². The Labute approximate surface area is 322 Å². The van der Waals surface area contributed by atoms with Gasteiger partial charge >= 0.3 is 0 Å². The molecule has 0 bridgehead atoms. The lowest BCUT2D eigenvalue weighted by Crippen LogP contribution is -2.13. The van der Waals surface area contributed by atoms with E-state index in [0.717, 1.165) is 55.7 Å². The summed E-state index contributed by atoms with van der Waals surface area (Å²) in [5.74, 6) is 0. The molecule has 55 heavy (non-hydrogen) atoms.